The number of nitrogens with zero attached hydrogens (tertiary/aromatic N) is 2. The van der Waals surface area contributed by atoms with Crippen LogP contribution < -0.4 is 11.1 Å². The van der Waals surface area contributed by atoms with Crippen molar-refractivity contribution < 1.29 is 9.53 Å². The summed E-state index contributed by atoms with van der Waals surface area (Å²) in [6, 6.07) is 8.92. The zero-order valence-electron chi connectivity index (χ0n) is 11.2. The van der Waals surface area contributed by atoms with Crippen molar-refractivity contribution >= 4 is 17.5 Å². The molecule has 0 fully saturated rings. The minimum absolute atomic E-state index is 0.224. The molecular weight excluding hydrogens is 256 g/mol. The van der Waals surface area contributed by atoms with Crippen molar-refractivity contribution in [3.63, 3.8) is 0 Å². The summed E-state index contributed by atoms with van der Waals surface area (Å²) in [5.74, 6) is -0.0124. The van der Waals surface area contributed by atoms with Crippen LogP contribution in [0.1, 0.15) is 16.2 Å². The highest BCUT2D eigenvalue weighted by Gasteiger charge is 2.10. The second-order valence-corrected chi connectivity index (χ2v) is 4.12. The van der Waals surface area contributed by atoms with E-state index < -0.39 is 5.97 Å². The highest BCUT2D eigenvalue weighted by atomic mass is 16.5. The molecule has 2 aromatic heterocycles. The van der Waals surface area contributed by atoms with Crippen molar-refractivity contribution in [3.8, 4) is 0 Å². The monoisotopic (exact) mass is 272 g/mol. The number of ether oxygens (including phenoxy) is 1. The molecular formula is C14H16N4O2. The standard InChI is InChI=1S/C14H16N4O2/c1-20-14(19)12-6-5-11(15)13(18-12)17-9-7-10-4-2-3-8-16-10/h2-6,8H,7,9,15H2,1H3,(H,17,18). The molecule has 2 heterocycles. The molecule has 2 rings (SSSR count). The highest BCUT2D eigenvalue weighted by Crippen LogP contribution is 2.16. The van der Waals surface area contributed by atoms with Gasteiger partial charge in [0.05, 0.1) is 12.8 Å². The molecule has 0 aliphatic heterocycles. The normalized spacial score (nSPS) is 10.1. The molecule has 3 N–H and O–H groups in total. The smallest absolute Gasteiger partial charge is 0.356 e. The van der Waals surface area contributed by atoms with E-state index >= 15 is 0 Å². The SMILES string of the molecule is COC(=O)c1ccc(N)c(NCCc2ccccn2)n1. The van der Waals surface area contributed by atoms with Gasteiger partial charge in [0.15, 0.2) is 5.69 Å². The topological polar surface area (TPSA) is 90.1 Å². The Kier molecular flexibility index (Phi) is 4.49. The van der Waals surface area contributed by atoms with Gasteiger partial charge >= 0.3 is 5.97 Å². The summed E-state index contributed by atoms with van der Waals surface area (Å²) in [4.78, 5) is 19.8. The predicted molar refractivity (Wildman–Crippen MR) is 76.4 cm³/mol. The molecule has 0 spiro atoms. The quantitative estimate of drug-likeness (QED) is 0.802. The first-order valence-electron chi connectivity index (χ1n) is 6.19. The van der Waals surface area contributed by atoms with Crippen LogP contribution in [0, 0.1) is 0 Å². The van der Waals surface area contributed by atoms with E-state index in [0.717, 1.165) is 12.1 Å². The summed E-state index contributed by atoms with van der Waals surface area (Å²) in [5, 5.41) is 3.10. The Balaban J connectivity index is 2.00. The third-order valence-electron chi connectivity index (χ3n) is 2.72. The Morgan fingerprint density at radius 2 is 2.20 bits per heavy atom. The lowest BCUT2D eigenvalue weighted by atomic mass is 10.2. The Morgan fingerprint density at radius 1 is 1.35 bits per heavy atom. The van der Waals surface area contributed by atoms with Gasteiger partial charge in [-0.15, -0.1) is 0 Å². The first kappa shape index (κ1) is 13.8. The molecule has 0 unspecified atom stereocenters. The molecule has 6 nitrogen and oxygen atoms in total. The summed E-state index contributed by atoms with van der Waals surface area (Å²) in [7, 11) is 1.31. The molecule has 0 atom stereocenters. The number of pyridine rings is 2. The lowest BCUT2D eigenvalue weighted by Gasteiger charge is -2.09. The number of nitrogens with one attached hydrogen (secondary N) is 1. The number of carbonyl (C=O) groups excluding carboxylic acids is 1. The number of nitrogens with two attached hydrogens (primary N) is 1. The van der Waals surface area contributed by atoms with E-state index in [2.05, 4.69) is 20.0 Å². The van der Waals surface area contributed by atoms with Gasteiger partial charge in [-0.25, -0.2) is 9.78 Å². The summed E-state index contributed by atoms with van der Waals surface area (Å²) < 4.78 is 4.62. The Hall–Kier alpha value is -2.63. The van der Waals surface area contributed by atoms with Crippen molar-refractivity contribution in [1.29, 1.82) is 0 Å². The van der Waals surface area contributed by atoms with Gasteiger partial charge in [-0.1, -0.05) is 6.07 Å². The number of hydrogen-bond acceptors (Lipinski definition) is 6. The lowest BCUT2D eigenvalue weighted by molar-refractivity contribution is 0.0594. The van der Waals surface area contributed by atoms with Crippen LogP contribution in [0.4, 0.5) is 11.5 Å². The number of carbonyl (C=O) groups is 1. The minimum Gasteiger partial charge on any atom is -0.464 e. The maximum absolute atomic E-state index is 11.4. The molecule has 0 aromatic carbocycles. The number of methoxy groups -OCH3 is 1. The van der Waals surface area contributed by atoms with Crippen LogP contribution in [0.3, 0.4) is 0 Å². The van der Waals surface area contributed by atoms with Crippen LogP contribution in [0.15, 0.2) is 36.5 Å². The van der Waals surface area contributed by atoms with Gasteiger partial charge in [-0.2, -0.15) is 0 Å². The zero-order valence-corrected chi connectivity index (χ0v) is 11.2. The van der Waals surface area contributed by atoms with Gasteiger partial charge in [-0.05, 0) is 24.3 Å². The van der Waals surface area contributed by atoms with Gasteiger partial charge in [-0.3, -0.25) is 4.98 Å². The Morgan fingerprint density at radius 3 is 2.90 bits per heavy atom. The van der Waals surface area contributed by atoms with E-state index in [-0.39, 0.29) is 5.69 Å². The maximum atomic E-state index is 11.4. The fourth-order valence-corrected chi connectivity index (χ4v) is 1.68. The van der Waals surface area contributed by atoms with E-state index in [1.165, 1.54) is 13.2 Å². The zero-order chi connectivity index (χ0) is 14.4. The first-order valence-corrected chi connectivity index (χ1v) is 6.19. The molecule has 20 heavy (non-hydrogen) atoms. The number of hydrogen-bond donors (Lipinski definition) is 2. The minimum atomic E-state index is -0.488. The van der Waals surface area contributed by atoms with E-state index in [1.54, 1.807) is 12.3 Å². The van der Waals surface area contributed by atoms with Crippen LogP contribution >= 0.6 is 0 Å². The van der Waals surface area contributed by atoms with E-state index in [0.29, 0.717) is 18.1 Å². The van der Waals surface area contributed by atoms with Gasteiger partial charge in [0.1, 0.15) is 5.82 Å². The average molecular weight is 272 g/mol. The molecule has 104 valence electrons. The third-order valence-corrected chi connectivity index (χ3v) is 2.72. The molecule has 0 saturated carbocycles. The second-order valence-electron chi connectivity index (χ2n) is 4.12. The maximum Gasteiger partial charge on any atom is 0.356 e. The van der Waals surface area contributed by atoms with Gasteiger partial charge in [0.2, 0.25) is 0 Å². The molecule has 0 saturated heterocycles. The molecule has 0 aliphatic carbocycles. The fraction of sp³-hybridized carbons (Fsp3) is 0.214. The van der Waals surface area contributed by atoms with Gasteiger partial charge < -0.3 is 15.8 Å². The Bertz CT molecular complexity index is 587. The van der Waals surface area contributed by atoms with Crippen LogP contribution in [-0.4, -0.2) is 29.6 Å². The fourth-order valence-electron chi connectivity index (χ4n) is 1.68. The summed E-state index contributed by atoms with van der Waals surface area (Å²) in [6.45, 7) is 0.624. The van der Waals surface area contributed by atoms with Gasteiger partial charge in [0, 0.05) is 24.9 Å². The Labute approximate surface area is 117 Å². The predicted octanol–water partition coefficient (Wildman–Crippen LogP) is 1.50. The molecule has 0 amide bonds. The number of nitrogen functional groups attached to an aromatic ring is 1. The van der Waals surface area contributed by atoms with Crippen LogP contribution in [0.25, 0.3) is 0 Å². The third kappa shape index (κ3) is 3.44. The molecule has 0 radical (unpaired) electrons. The van der Waals surface area contributed by atoms with Gasteiger partial charge in [0.25, 0.3) is 0 Å². The van der Waals surface area contributed by atoms with Crippen LogP contribution in [0.5, 0.6) is 0 Å². The second kappa shape index (κ2) is 6.51. The number of aromatic nitrogens is 2. The molecule has 2 aromatic rings. The summed E-state index contributed by atoms with van der Waals surface area (Å²) >= 11 is 0. The van der Waals surface area contributed by atoms with E-state index in [1.807, 2.05) is 18.2 Å². The van der Waals surface area contributed by atoms with E-state index in [9.17, 15) is 4.79 Å². The summed E-state index contributed by atoms with van der Waals surface area (Å²) in [5.41, 5.74) is 7.50. The van der Waals surface area contributed by atoms with Crippen molar-refractivity contribution in [3.05, 3.63) is 47.9 Å². The van der Waals surface area contributed by atoms with Crippen molar-refractivity contribution in [2.75, 3.05) is 24.7 Å². The van der Waals surface area contributed by atoms with Crippen molar-refractivity contribution in [2.45, 2.75) is 6.42 Å². The van der Waals surface area contributed by atoms with E-state index in [4.69, 9.17) is 5.73 Å². The van der Waals surface area contributed by atoms with Crippen molar-refractivity contribution in [1.82, 2.24) is 9.97 Å². The average Bonchev–Trinajstić information content (AvgIpc) is 2.49. The van der Waals surface area contributed by atoms with Crippen LogP contribution in [-0.2, 0) is 11.2 Å². The highest BCUT2D eigenvalue weighted by molar-refractivity contribution is 5.88. The number of rotatable bonds is 5. The number of esters is 1. The molecule has 0 bridgehead atoms. The molecule has 0 aliphatic rings. The number of anilines is 2. The first-order chi connectivity index (χ1) is 9.70. The summed E-state index contributed by atoms with van der Waals surface area (Å²) in [6.07, 6.45) is 2.49. The largest absolute Gasteiger partial charge is 0.464 e. The molecule has 6 heteroatoms. The van der Waals surface area contributed by atoms with Crippen LogP contribution in [0.2, 0.25) is 0 Å². The van der Waals surface area contributed by atoms with Crippen molar-refractivity contribution in [2.24, 2.45) is 0 Å². The lowest BCUT2D eigenvalue weighted by Crippen LogP contribution is -2.12.